The van der Waals surface area contributed by atoms with Gasteiger partial charge in [0.2, 0.25) is 11.1 Å². The highest BCUT2D eigenvalue weighted by molar-refractivity contribution is 8.00. The average molecular weight is 456 g/mol. The molecule has 4 aromatic rings. The van der Waals surface area contributed by atoms with E-state index < -0.39 is 5.25 Å². The minimum atomic E-state index is -0.390. The number of hydrogen-bond acceptors (Lipinski definition) is 5. The van der Waals surface area contributed by atoms with Crippen LogP contribution in [-0.2, 0) is 11.3 Å². The van der Waals surface area contributed by atoms with Gasteiger partial charge in [0.25, 0.3) is 0 Å². The van der Waals surface area contributed by atoms with Crippen molar-refractivity contribution in [3.63, 3.8) is 0 Å². The Morgan fingerprint density at radius 2 is 1.61 bits per heavy atom. The summed E-state index contributed by atoms with van der Waals surface area (Å²) in [6.45, 7) is 4.60. The van der Waals surface area contributed by atoms with Crippen LogP contribution in [0.15, 0.2) is 84.0 Å². The SMILES string of the molecule is Cc1ccc(CNC(=O)[C@H]2Sc3nnc(-c4ccccc4)n3N[C@H]2c2ccc(C)cc2)cc1. The molecule has 6 nitrogen and oxygen atoms in total. The number of benzene rings is 3. The molecule has 0 spiro atoms. The molecule has 1 aliphatic rings. The number of fused-ring (bicyclic) bond motifs is 1. The Kier molecular flexibility index (Phi) is 5.88. The number of rotatable bonds is 5. The summed E-state index contributed by atoms with van der Waals surface area (Å²) in [5, 5.41) is 12.2. The van der Waals surface area contributed by atoms with Crippen molar-refractivity contribution in [2.24, 2.45) is 0 Å². The first-order valence-corrected chi connectivity index (χ1v) is 11.8. The van der Waals surface area contributed by atoms with Gasteiger partial charge in [0.05, 0.1) is 6.04 Å². The number of aromatic nitrogens is 3. The van der Waals surface area contributed by atoms with Gasteiger partial charge in [-0.25, -0.2) is 4.68 Å². The molecule has 0 fully saturated rings. The Balaban J connectivity index is 1.44. The van der Waals surface area contributed by atoms with Gasteiger partial charge in [-0.3, -0.25) is 4.79 Å². The number of hydrogen-bond donors (Lipinski definition) is 2. The predicted molar refractivity (Wildman–Crippen MR) is 131 cm³/mol. The summed E-state index contributed by atoms with van der Waals surface area (Å²) in [6.07, 6.45) is 0. The fourth-order valence-electron chi connectivity index (χ4n) is 3.85. The van der Waals surface area contributed by atoms with E-state index in [1.807, 2.05) is 47.1 Å². The summed E-state index contributed by atoms with van der Waals surface area (Å²) in [5.41, 5.74) is 8.99. The molecule has 0 bridgehead atoms. The third kappa shape index (κ3) is 4.50. The van der Waals surface area contributed by atoms with Crippen LogP contribution in [0.2, 0.25) is 0 Å². The van der Waals surface area contributed by atoms with Crippen LogP contribution < -0.4 is 10.7 Å². The smallest absolute Gasteiger partial charge is 0.236 e. The lowest BCUT2D eigenvalue weighted by Gasteiger charge is -2.33. The Morgan fingerprint density at radius 1 is 0.939 bits per heavy atom. The van der Waals surface area contributed by atoms with E-state index in [0.717, 1.165) is 22.5 Å². The topological polar surface area (TPSA) is 71.8 Å². The molecule has 7 heteroatoms. The zero-order valence-electron chi connectivity index (χ0n) is 18.5. The lowest BCUT2D eigenvalue weighted by atomic mass is 10.0. The first-order valence-electron chi connectivity index (χ1n) is 10.9. The molecule has 3 aromatic carbocycles. The highest BCUT2D eigenvalue weighted by Gasteiger charge is 2.37. The van der Waals surface area contributed by atoms with Crippen LogP contribution in [0.4, 0.5) is 0 Å². The van der Waals surface area contributed by atoms with E-state index in [0.29, 0.717) is 11.7 Å². The monoisotopic (exact) mass is 455 g/mol. The largest absolute Gasteiger partial charge is 0.351 e. The molecule has 1 amide bonds. The Morgan fingerprint density at radius 3 is 2.30 bits per heavy atom. The van der Waals surface area contributed by atoms with Crippen molar-refractivity contribution >= 4 is 17.7 Å². The summed E-state index contributed by atoms with van der Waals surface area (Å²) < 4.78 is 1.90. The Bertz CT molecular complexity index is 1250. The quantitative estimate of drug-likeness (QED) is 0.459. The number of amides is 1. The zero-order valence-corrected chi connectivity index (χ0v) is 19.3. The number of thioether (sulfide) groups is 1. The van der Waals surface area contributed by atoms with Crippen LogP contribution in [0.1, 0.15) is 28.3 Å². The van der Waals surface area contributed by atoms with Gasteiger partial charge in [-0.05, 0) is 25.0 Å². The zero-order chi connectivity index (χ0) is 22.8. The fraction of sp³-hybridized carbons (Fsp3) is 0.192. The molecule has 1 aliphatic heterocycles. The average Bonchev–Trinajstić information content (AvgIpc) is 3.27. The normalized spacial score (nSPS) is 17.2. The molecule has 2 N–H and O–H groups in total. The summed E-state index contributed by atoms with van der Waals surface area (Å²) in [4.78, 5) is 13.3. The lowest BCUT2D eigenvalue weighted by Crippen LogP contribution is -2.43. The van der Waals surface area contributed by atoms with Gasteiger partial charge in [0, 0.05) is 12.1 Å². The predicted octanol–water partition coefficient (Wildman–Crippen LogP) is 4.64. The lowest BCUT2D eigenvalue weighted by molar-refractivity contribution is -0.121. The van der Waals surface area contributed by atoms with Crippen molar-refractivity contribution in [1.82, 2.24) is 20.2 Å². The number of aryl methyl sites for hydroxylation is 2. The minimum absolute atomic E-state index is 0.0332. The molecule has 0 aliphatic carbocycles. The standard InChI is InChI=1S/C26H25N5OS/c1-17-8-12-19(13-9-17)16-27-25(32)23-22(20-14-10-18(2)11-15-20)30-31-24(28-29-26(31)33-23)21-6-4-3-5-7-21/h3-15,22-23,30H,16H2,1-2H3,(H,27,32)/t22-,23-/m0/s1. The molecule has 2 heterocycles. The van der Waals surface area contributed by atoms with E-state index in [1.165, 1.54) is 22.9 Å². The molecule has 0 unspecified atom stereocenters. The summed E-state index contributed by atoms with van der Waals surface area (Å²) in [5.74, 6) is 0.697. The van der Waals surface area contributed by atoms with Crippen LogP contribution in [0.3, 0.4) is 0 Å². The maximum atomic E-state index is 13.3. The molecule has 0 saturated heterocycles. The van der Waals surface area contributed by atoms with Crippen molar-refractivity contribution in [1.29, 1.82) is 0 Å². The maximum Gasteiger partial charge on any atom is 0.236 e. The molecule has 33 heavy (non-hydrogen) atoms. The molecule has 2 atom stereocenters. The fourth-order valence-corrected chi connectivity index (χ4v) is 4.95. The summed E-state index contributed by atoms with van der Waals surface area (Å²) >= 11 is 1.44. The molecule has 1 aromatic heterocycles. The second-order valence-corrected chi connectivity index (χ2v) is 9.38. The Labute approximate surface area is 197 Å². The van der Waals surface area contributed by atoms with Crippen molar-refractivity contribution in [2.45, 2.75) is 36.8 Å². The van der Waals surface area contributed by atoms with Crippen molar-refractivity contribution in [3.05, 3.63) is 101 Å². The van der Waals surface area contributed by atoms with Crippen LogP contribution in [0.25, 0.3) is 11.4 Å². The van der Waals surface area contributed by atoms with Gasteiger partial charge in [0.15, 0.2) is 5.82 Å². The van der Waals surface area contributed by atoms with Crippen LogP contribution in [0, 0.1) is 13.8 Å². The van der Waals surface area contributed by atoms with E-state index in [4.69, 9.17) is 0 Å². The summed E-state index contributed by atoms with van der Waals surface area (Å²) in [6, 6.07) is 26.2. The van der Waals surface area contributed by atoms with Crippen molar-refractivity contribution in [3.8, 4) is 11.4 Å². The molecule has 0 radical (unpaired) electrons. The highest BCUT2D eigenvalue weighted by atomic mass is 32.2. The molecule has 166 valence electrons. The second-order valence-electron chi connectivity index (χ2n) is 8.27. The van der Waals surface area contributed by atoms with Gasteiger partial charge >= 0.3 is 0 Å². The summed E-state index contributed by atoms with van der Waals surface area (Å²) in [7, 11) is 0. The molecule has 0 saturated carbocycles. The van der Waals surface area contributed by atoms with E-state index >= 15 is 0 Å². The second kappa shape index (κ2) is 9.11. The number of carbonyl (C=O) groups is 1. The molecule has 5 rings (SSSR count). The van der Waals surface area contributed by atoms with Gasteiger partial charge in [-0.15, -0.1) is 10.2 Å². The third-order valence-corrected chi connectivity index (χ3v) is 6.97. The van der Waals surface area contributed by atoms with E-state index in [-0.39, 0.29) is 11.9 Å². The van der Waals surface area contributed by atoms with E-state index in [9.17, 15) is 4.79 Å². The number of nitrogens with one attached hydrogen (secondary N) is 2. The van der Waals surface area contributed by atoms with Gasteiger partial charge in [-0.1, -0.05) is 102 Å². The molecular weight excluding hydrogens is 430 g/mol. The van der Waals surface area contributed by atoms with Crippen molar-refractivity contribution < 1.29 is 4.79 Å². The van der Waals surface area contributed by atoms with Gasteiger partial charge in [-0.2, -0.15) is 0 Å². The van der Waals surface area contributed by atoms with Crippen molar-refractivity contribution in [2.75, 3.05) is 5.43 Å². The van der Waals surface area contributed by atoms with Crippen LogP contribution in [-0.4, -0.2) is 26.0 Å². The molecular formula is C26H25N5OS. The first kappa shape index (κ1) is 21.3. The first-order chi connectivity index (χ1) is 16.1. The van der Waals surface area contributed by atoms with E-state index in [1.54, 1.807) is 0 Å². The maximum absolute atomic E-state index is 13.3. The van der Waals surface area contributed by atoms with E-state index in [2.05, 4.69) is 71.2 Å². The van der Waals surface area contributed by atoms with Gasteiger partial charge < -0.3 is 10.7 Å². The number of nitrogens with zero attached hydrogens (tertiary/aromatic N) is 3. The van der Waals surface area contributed by atoms with Gasteiger partial charge in [0.1, 0.15) is 5.25 Å². The Hall–Kier alpha value is -3.58. The minimum Gasteiger partial charge on any atom is -0.351 e. The highest BCUT2D eigenvalue weighted by Crippen LogP contribution is 2.38. The van der Waals surface area contributed by atoms with Crippen LogP contribution >= 0.6 is 11.8 Å². The third-order valence-electron chi connectivity index (χ3n) is 5.75. The number of carbonyl (C=O) groups excluding carboxylic acids is 1. The van der Waals surface area contributed by atoms with Crippen LogP contribution in [0.5, 0.6) is 0 Å².